The van der Waals surface area contributed by atoms with E-state index in [4.69, 9.17) is 5.73 Å². The van der Waals surface area contributed by atoms with Gasteiger partial charge in [0.25, 0.3) is 11.8 Å². The number of benzene rings is 1. The van der Waals surface area contributed by atoms with Crippen molar-refractivity contribution in [1.82, 2.24) is 9.88 Å². The lowest BCUT2D eigenvalue weighted by atomic mass is 10.2. The summed E-state index contributed by atoms with van der Waals surface area (Å²) in [4.78, 5) is 12.1. The molecule has 0 aliphatic carbocycles. The number of carbonyl (C=O) groups excluding carboxylic acids is 1. The van der Waals surface area contributed by atoms with Gasteiger partial charge in [-0.15, -0.1) is 0 Å². The van der Waals surface area contributed by atoms with Crippen molar-refractivity contribution >= 4 is 5.91 Å². The van der Waals surface area contributed by atoms with E-state index in [9.17, 15) is 18.0 Å². The summed E-state index contributed by atoms with van der Waals surface area (Å²) < 4.78 is 41.1. The van der Waals surface area contributed by atoms with Gasteiger partial charge in [-0.05, 0) is 44.2 Å². The summed E-state index contributed by atoms with van der Waals surface area (Å²) in [5.41, 5.74) is 7.25. The quantitative estimate of drug-likeness (QED) is 0.887. The summed E-state index contributed by atoms with van der Waals surface area (Å²) in [7, 11) is 0. The van der Waals surface area contributed by atoms with Crippen LogP contribution in [0.2, 0.25) is 0 Å². The van der Waals surface area contributed by atoms with Crippen LogP contribution < -0.4 is 11.1 Å². The minimum Gasteiger partial charge on any atom is -0.346 e. The van der Waals surface area contributed by atoms with Crippen molar-refractivity contribution in [1.29, 1.82) is 0 Å². The first-order chi connectivity index (χ1) is 10.7. The van der Waals surface area contributed by atoms with Gasteiger partial charge in [-0.1, -0.05) is 0 Å². The molecular formula is C16H18F3N3O. The third-order valence-electron chi connectivity index (χ3n) is 3.57. The Morgan fingerprint density at radius 2 is 1.87 bits per heavy atom. The fraction of sp³-hybridized carbons (Fsp3) is 0.312. The number of hydrogen-bond donors (Lipinski definition) is 2. The van der Waals surface area contributed by atoms with Crippen LogP contribution in [0.5, 0.6) is 0 Å². The van der Waals surface area contributed by atoms with E-state index in [1.54, 1.807) is 36.6 Å². The number of alkyl halides is 2. The summed E-state index contributed by atoms with van der Waals surface area (Å²) in [5, 5.41) is 2.19. The first kappa shape index (κ1) is 17.1. The van der Waals surface area contributed by atoms with Gasteiger partial charge in [-0.25, -0.2) is 13.2 Å². The summed E-state index contributed by atoms with van der Waals surface area (Å²) in [5.74, 6) is -4.10. The number of halogens is 3. The van der Waals surface area contributed by atoms with Crippen LogP contribution in [0.15, 0.2) is 30.3 Å². The van der Waals surface area contributed by atoms with Crippen LogP contribution >= 0.6 is 0 Å². The minimum absolute atomic E-state index is 0.291. The van der Waals surface area contributed by atoms with Gasteiger partial charge in [0, 0.05) is 17.1 Å². The topological polar surface area (TPSA) is 60.1 Å². The lowest BCUT2D eigenvalue weighted by Gasteiger charge is -2.14. The van der Waals surface area contributed by atoms with Crippen molar-refractivity contribution < 1.29 is 18.0 Å². The van der Waals surface area contributed by atoms with E-state index >= 15 is 0 Å². The number of amides is 1. The van der Waals surface area contributed by atoms with Crippen LogP contribution in [0, 0.1) is 19.7 Å². The second-order valence-electron chi connectivity index (χ2n) is 5.34. The van der Waals surface area contributed by atoms with Crippen molar-refractivity contribution in [3.8, 4) is 5.69 Å². The highest BCUT2D eigenvalue weighted by atomic mass is 19.3. The fourth-order valence-electron chi connectivity index (χ4n) is 2.36. The Labute approximate surface area is 132 Å². The Morgan fingerprint density at radius 1 is 1.26 bits per heavy atom. The highest BCUT2D eigenvalue weighted by Crippen LogP contribution is 2.21. The van der Waals surface area contributed by atoms with Crippen LogP contribution in [0.4, 0.5) is 13.2 Å². The smallest absolute Gasteiger partial charge is 0.277 e. The Kier molecular flexibility index (Phi) is 4.79. The SMILES string of the molecule is Cc1cc(C(=O)NCC(F)(F)CN)c(C)n1-c1ccc(F)cc1. The molecule has 0 bridgehead atoms. The van der Waals surface area contributed by atoms with E-state index in [-0.39, 0.29) is 5.82 Å². The highest BCUT2D eigenvalue weighted by molar-refractivity contribution is 5.96. The molecule has 2 rings (SSSR count). The van der Waals surface area contributed by atoms with Gasteiger partial charge >= 0.3 is 0 Å². The number of nitrogens with one attached hydrogen (secondary N) is 1. The number of nitrogens with two attached hydrogens (primary N) is 1. The molecule has 0 aliphatic heterocycles. The van der Waals surface area contributed by atoms with E-state index in [1.807, 2.05) is 0 Å². The predicted molar refractivity (Wildman–Crippen MR) is 81.5 cm³/mol. The zero-order valence-electron chi connectivity index (χ0n) is 12.9. The first-order valence-electron chi connectivity index (χ1n) is 7.06. The monoisotopic (exact) mass is 325 g/mol. The van der Waals surface area contributed by atoms with E-state index in [1.165, 1.54) is 12.1 Å². The maximum absolute atomic E-state index is 13.1. The molecule has 0 atom stereocenters. The molecule has 0 unspecified atom stereocenters. The standard InChI is InChI=1S/C16H18F3N3O/c1-10-7-14(15(23)21-9-16(18,19)8-20)11(2)22(10)13-5-3-12(17)4-6-13/h3-7H,8-9,20H2,1-2H3,(H,21,23). The number of aryl methyl sites for hydroxylation is 1. The molecule has 0 radical (unpaired) electrons. The molecule has 0 saturated heterocycles. The van der Waals surface area contributed by atoms with Crippen molar-refractivity contribution in [2.75, 3.05) is 13.1 Å². The van der Waals surface area contributed by atoms with E-state index in [2.05, 4.69) is 5.32 Å². The van der Waals surface area contributed by atoms with Gasteiger partial charge in [0.05, 0.1) is 18.7 Å². The summed E-state index contributed by atoms with van der Waals surface area (Å²) in [6.07, 6.45) is 0. The highest BCUT2D eigenvalue weighted by Gasteiger charge is 2.28. The number of hydrogen-bond acceptors (Lipinski definition) is 2. The fourth-order valence-corrected chi connectivity index (χ4v) is 2.36. The molecule has 3 N–H and O–H groups in total. The lowest BCUT2D eigenvalue weighted by molar-refractivity contribution is 0.0118. The minimum atomic E-state index is -3.14. The van der Waals surface area contributed by atoms with Crippen molar-refractivity contribution in [3.63, 3.8) is 0 Å². The second kappa shape index (κ2) is 6.45. The molecule has 1 aromatic heterocycles. The molecule has 0 saturated carbocycles. The summed E-state index contributed by atoms with van der Waals surface area (Å²) in [6, 6.07) is 7.40. The molecule has 1 aromatic carbocycles. The van der Waals surface area contributed by atoms with Crippen molar-refractivity contribution in [2.45, 2.75) is 19.8 Å². The van der Waals surface area contributed by atoms with Gasteiger partial charge in [0.1, 0.15) is 5.82 Å². The number of nitrogens with zero attached hydrogens (tertiary/aromatic N) is 1. The van der Waals surface area contributed by atoms with Crippen LogP contribution in [0.1, 0.15) is 21.7 Å². The molecule has 1 heterocycles. The van der Waals surface area contributed by atoms with Gasteiger partial charge in [0.15, 0.2) is 0 Å². The predicted octanol–water partition coefficient (Wildman–Crippen LogP) is 2.56. The number of carbonyl (C=O) groups is 1. The Bertz CT molecular complexity index is 708. The molecule has 1 amide bonds. The normalized spacial score (nSPS) is 11.6. The van der Waals surface area contributed by atoms with Crippen LogP contribution in [0.3, 0.4) is 0 Å². The zero-order valence-corrected chi connectivity index (χ0v) is 12.9. The van der Waals surface area contributed by atoms with Crippen molar-refractivity contribution in [2.24, 2.45) is 5.73 Å². The molecule has 0 aliphatic rings. The lowest BCUT2D eigenvalue weighted by Crippen LogP contribution is -2.41. The number of rotatable bonds is 5. The van der Waals surface area contributed by atoms with Gasteiger partial charge in [-0.3, -0.25) is 4.79 Å². The molecule has 0 spiro atoms. The van der Waals surface area contributed by atoms with Gasteiger partial charge < -0.3 is 15.6 Å². The number of aromatic nitrogens is 1. The molecule has 7 heteroatoms. The Balaban J connectivity index is 2.27. The molecule has 4 nitrogen and oxygen atoms in total. The third-order valence-corrected chi connectivity index (χ3v) is 3.57. The summed E-state index contributed by atoms with van der Waals surface area (Å²) in [6.45, 7) is 1.83. The largest absolute Gasteiger partial charge is 0.346 e. The average Bonchev–Trinajstić information content (AvgIpc) is 2.81. The third kappa shape index (κ3) is 3.73. The first-order valence-corrected chi connectivity index (χ1v) is 7.06. The molecule has 23 heavy (non-hydrogen) atoms. The van der Waals surface area contributed by atoms with Gasteiger partial charge in [0.2, 0.25) is 0 Å². The maximum Gasteiger partial charge on any atom is 0.277 e. The van der Waals surface area contributed by atoms with E-state index in [0.29, 0.717) is 16.9 Å². The van der Waals surface area contributed by atoms with Crippen LogP contribution in [0.25, 0.3) is 5.69 Å². The molecule has 124 valence electrons. The maximum atomic E-state index is 13.1. The zero-order chi connectivity index (χ0) is 17.2. The Morgan fingerprint density at radius 3 is 2.43 bits per heavy atom. The molecular weight excluding hydrogens is 307 g/mol. The summed E-state index contributed by atoms with van der Waals surface area (Å²) >= 11 is 0. The van der Waals surface area contributed by atoms with Crippen LogP contribution in [-0.4, -0.2) is 29.5 Å². The average molecular weight is 325 g/mol. The molecule has 0 fully saturated rings. The van der Waals surface area contributed by atoms with E-state index in [0.717, 1.165) is 5.69 Å². The van der Waals surface area contributed by atoms with E-state index < -0.39 is 24.9 Å². The second-order valence-corrected chi connectivity index (χ2v) is 5.34. The van der Waals surface area contributed by atoms with Crippen molar-refractivity contribution in [3.05, 3.63) is 53.1 Å². The molecule has 2 aromatic rings. The van der Waals surface area contributed by atoms with Gasteiger partial charge in [-0.2, -0.15) is 0 Å². The van der Waals surface area contributed by atoms with Crippen LogP contribution in [-0.2, 0) is 0 Å². The Hall–Kier alpha value is -2.28.